The molecular weight excluding hydrogens is 404 g/mol. The maximum Gasteiger partial charge on any atom is 0.237 e. The number of aryl methyl sites for hydroxylation is 1. The Morgan fingerprint density at radius 3 is 2.53 bits per heavy atom. The summed E-state index contributed by atoms with van der Waals surface area (Å²) in [6.07, 6.45) is 2.29. The van der Waals surface area contributed by atoms with Crippen molar-refractivity contribution in [2.24, 2.45) is 0 Å². The third-order valence-electron chi connectivity index (χ3n) is 5.65. The number of anilines is 1. The van der Waals surface area contributed by atoms with Crippen molar-refractivity contribution in [3.05, 3.63) is 58.6 Å². The lowest BCUT2D eigenvalue weighted by Crippen LogP contribution is -2.51. The van der Waals surface area contributed by atoms with Crippen LogP contribution >= 0.6 is 11.6 Å². The van der Waals surface area contributed by atoms with E-state index in [9.17, 15) is 14.4 Å². The number of carbonyl (C=O) groups is 3. The van der Waals surface area contributed by atoms with E-state index in [1.54, 1.807) is 31.4 Å². The van der Waals surface area contributed by atoms with Gasteiger partial charge in [0.2, 0.25) is 17.7 Å². The van der Waals surface area contributed by atoms with Crippen molar-refractivity contribution in [3.63, 3.8) is 0 Å². The van der Waals surface area contributed by atoms with Gasteiger partial charge in [0.1, 0.15) is 5.75 Å². The van der Waals surface area contributed by atoms with E-state index in [-0.39, 0.29) is 17.7 Å². The number of carbonyl (C=O) groups excluding carboxylic acids is 3. The number of benzene rings is 2. The number of amides is 3. The Morgan fingerprint density at radius 2 is 1.93 bits per heavy atom. The summed E-state index contributed by atoms with van der Waals surface area (Å²) in [4.78, 5) is 36.3. The smallest absolute Gasteiger partial charge is 0.237 e. The van der Waals surface area contributed by atoms with Crippen LogP contribution in [-0.2, 0) is 26.2 Å². The largest absolute Gasteiger partial charge is 0.495 e. The molecule has 0 spiro atoms. The van der Waals surface area contributed by atoms with Crippen molar-refractivity contribution < 1.29 is 19.1 Å². The number of imide groups is 1. The van der Waals surface area contributed by atoms with Crippen LogP contribution in [0.15, 0.2) is 42.5 Å². The molecule has 1 aliphatic heterocycles. The van der Waals surface area contributed by atoms with Gasteiger partial charge in [-0.2, -0.15) is 0 Å². The molecule has 2 aromatic carbocycles. The molecule has 6 nitrogen and oxygen atoms in total. The summed E-state index contributed by atoms with van der Waals surface area (Å²) in [5.41, 5.74) is 1.76. The Morgan fingerprint density at radius 1 is 1.20 bits per heavy atom. The highest BCUT2D eigenvalue weighted by Crippen LogP contribution is 2.36. The SMILES string of the molecule is CCC1(c2ccc(NC(=O)CCc3ccc(OC)c(Cl)c3)cc2)CCC(=O)NC1=O. The summed E-state index contributed by atoms with van der Waals surface area (Å²) in [6.45, 7) is 1.94. The van der Waals surface area contributed by atoms with E-state index >= 15 is 0 Å². The van der Waals surface area contributed by atoms with Crippen LogP contribution in [0.25, 0.3) is 0 Å². The first kappa shape index (κ1) is 21.8. The zero-order chi connectivity index (χ0) is 21.7. The molecule has 0 bridgehead atoms. The van der Waals surface area contributed by atoms with Crippen LogP contribution in [0.5, 0.6) is 5.75 Å². The third kappa shape index (κ3) is 4.65. The summed E-state index contributed by atoms with van der Waals surface area (Å²) in [5.74, 6) is 0.00835. The maximum atomic E-state index is 12.5. The Labute approximate surface area is 180 Å². The van der Waals surface area contributed by atoms with E-state index in [2.05, 4.69) is 10.6 Å². The molecule has 1 aliphatic rings. The van der Waals surface area contributed by atoms with Crippen molar-refractivity contribution in [2.75, 3.05) is 12.4 Å². The Hall–Kier alpha value is -2.86. The molecule has 0 aliphatic carbocycles. The van der Waals surface area contributed by atoms with Gasteiger partial charge < -0.3 is 10.1 Å². The van der Waals surface area contributed by atoms with Gasteiger partial charge in [-0.15, -0.1) is 0 Å². The first-order chi connectivity index (χ1) is 14.4. The van der Waals surface area contributed by atoms with Gasteiger partial charge in [-0.3, -0.25) is 19.7 Å². The number of hydrogen-bond acceptors (Lipinski definition) is 4. The van der Waals surface area contributed by atoms with Crippen LogP contribution in [0.3, 0.4) is 0 Å². The van der Waals surface area contributed by atoms with Gasteiger partial charge in [0.05, 0.1) is 17.5 Å². The quantitative estimate of drug-likeness (QED) is 0.652. The maximum absolute atomic E-state index is 12.5. The molecule has 1 atom stereocenters. The first-order valence-electron chi connectivity index (χ1n) is 9.95. The normalized spacial score (nSPS) is 18.6. The van der Waals surface area contributed by atoms with Crippen LogP contribution < -0.4 is 15.4 Å². The number of hydrogen-bond donors (Lipinski definition) is 2. The van der Waals surface area contributed by atoms with E-state index in [1.807, 2.05) is 25.1 Å². The molecule has 3 amide bonds. The van der Waals surface area contributed by atoms with Crippen LogP contribution in [-0.4, -0.2) is 24.8 Å². The second-order valence-corrected chi connectivity index (χ2v) is 7.81. The molecule has 2 N–H and O–H groups in total. The highest BCUT2D eigenvalue weighted by atomic mass is 35.5. The standard InChI is InChI=1S/C23H25ClN2O4/c1-3-23(13-12-21(28)26-22(23)29)16-6-8-17(9-7-16)25-20(27)11-5-15-4-10-19(30-2)18(24)14-15/h4,6-10,14H,3,5,11-13H2,1-2H3,(H,25,27)(H,26,28,29). The molecule has 3 rings (SSSR count). The first-order valence-corrected chi connectivity index (χ1v) is 10.3. The number of ether oxygens (including phenoxy) is 1. The molecule has 2 aromatic rings. The predicted octanol–water partition coefficient (Wildman–Crippen LogP) is 4.00. The fraction of sp³-hybridized carbons (Fsp3) is 0.348. The topological polar surface area (TPSA) is 84.5 Å². The molecule has 1 fully saturated rings. The molecule has 158 valence electrons. The highest BCUT2D eigenvalue weighted by Gasteiger charge is 2.42. The Bertz CT molecular complexity index is 958. The van der Waals surface area contributed by atoms with Gasteiger partial charge in [0.25, 0.3) is 0 Å². The van der Waals surface area contributed by atoms with Crippen molar-refractivity contribution in [3.8, 4) is 5.75 Å². The van der Waals surface area contributed by atoms with E-state index < -0.39 is 5.41 Å². The third-order valence-corrected chi connectivity index (χ3v) is 5.94. The van der Waals surface area contributed by atoms with Crippen molar-refractivity contribution in [1.82, 2.24) is 5.32 Å². The average Bonchev–Trinajstić information content (AvgIpc) is 2.73. The van der Waals surface area contributed by atoms with Gasteiger partial charge in [0, 0.05) is 18.5 Å². The lowest BCUT2D eigenvalue weighted by atomic mass is 9.72. The summed E-state index contributed by atoms with van der Waals surface area (Å²) in [5, 5.41) is 5.84. The van der Waals surface area contributed by atoms with Gasteiger partial charge in [0.15, 0.2) is 0 Å². The van der Waals surface area contributed by atoms with E-state index in [4.69, 9.17) is 16.3 Å². The van der Waals surface area contributed by atoms with Gasteiger partial charge in [-0.1, -0.05) is 36.7 Å². The van der Waals surface area contributed by atoms with Gasteiger partial charge in [-0.05, 0) is 54.7 Å². The minimum absolute atomic E-state index is 0.110. The Balaban J connectivity index is 1.61. The summed E-state index contributed by atoms with van der Waals surface area (Å²) < 4.78 is 5.13. The molecule has 1 unspecified atom stereocenters. The monoisotopic (exact) mass is 428 g/mol. The summed E-state index contributed by atoms with van der Waals surface area (Å²) in [7, 11) is 1.56. The second kappa shape index (κ2) is 9.30. The summed E-state index contributed by atoms with van der Waals surface area (Å²) in [6, 6.07) is 12.7. The van der Waals surface area contributed by atoms with Crippen molar-refractivity contribution >= 4 is 35.0 Å². The minimum Gasteiger partial charge on any atom is -0.495 e. The molecular formula is C23H25ClN2O4. The average molecular weight is 429 g/mol. The fourth-order valence-electron chi connectivity index (χ4n) is 3.79. The lowest BCUT2D eigenvalue weighted by molar-refractivity contribution is -0.138. The van der Waals surface area contributed by atoms with Gasteiger partial charge >= 0.3 is 0 Å². The van der Waals surface area contributed by atoms with E-state index in [0.29, 0.717) is 48.6 Å². The Kier molecular flexibility index (Phi) is 6.77. The number of piperidine rings is 1. The summed E-state index contributed by atoms with van der Waals surface area (Å²) >= 11 is 6.12. The number of methoxy groups -OCH3 is 1. The molecule has 0 radical (unpaired) electrons. The molecule has 0 aromatic heterocycles. The van der Waals surface area contributed by atoms with Crippen molar-refractivity contribution in [2.45, 2.75) is 44.4 Å². The zero-order valence-electron chi connectivity index (χ0n) is 17.1. The lowest BCUT2D eigenvalue weighted by Gasteiger charge is -2.35. The highest BCUT2D eigenvalue weighted by molar-refractivity contribution is 6.32. The van der Waals surface area contributed by atoms with Crippen molar-refractivity contribution in [1.29, 1.82) is 0 Å². The van der Waals surface area contributed by atoms with Crippen LogP contribution in [0.2, 0.25) is 5.02 Å². The fourth-order valence-corrected chi connectivity index (χ4v) is 4.07. The zero-order valence-corrected chi connectivity index (χ0v) is 17.8. The van der Waals surface area contributed by atoms with Crippen LogP contribution in [0.1, 0.15) is 43.7 Å². The van der Waals surface area contributed by atoms with E-state index in [0.717, 1.165) is 11.1 Å². The molecule has 1 heterocycles. The molecule has 0 saturated carbocycles. The minimum atomic E-state index is -0.704. The van der Waals surface area contributed by atoms with Crippen LogP contribution in [0.4, 0.5) is 5.69 Å². The van der Waals surface area contributed by atoms with Gasteiger partial charge in [-0.25, -0.2) is 0 Å². The predicted molar refractivity (Wildman–Crippen MR) is 116 cm³/mol. The van der Waals surface area contributed by atoms with Crippen LogP contribution in [0, 0.1) is 0 Å². The number of nitrogens with one attached hydrogen (secondary N) is 2. The molecule has 1 saturated heterocycles. The number of halogens is 1. The second-order valence-electron chi connectivity index (χ2n) is 7.41. The molecule has 7 heteroatoms. The van der Waals surface area contributed by atoms with E-state index in [1.165, 1.54) is 0 Å². The molecule has 30 heavy (non-hydrogen) atoms. The number of rotatable bonds is 7.